The average molecular weight is 228 g/mol. The topological polar surface area (TPSA) is 49.4 Å². The Balaban J connectivity index is 4.10. The third kappa shape index (κ3) is 6.43. The number of hydrogen-bond acceptors (Lipinski definition) is 2. The van der Waals surface area contributed by atoms with E-state index in [0.29, 0.717) is 19.5 Å². The summed E-state index contributed by atoms with van der Waals surface area (Å²) in [5.41, 5.74) is 0. The number of rotatable bonds is 8. The zero-order valence-electron chi connectivity index (χ0n) is 10.7. The van der Waals surface area contributed by atoms with Gasteiger partial charge in [-0.2, -0.15) is 0 Å². The molecule has 0 aliphatic carbocycles. The van der Waals surface area contributed by atoms with E-state index in [9.17, 15) is 9.59 Å². The summed E-state index contributed by atoms with van der Waals surface area (Å²) in [6, 6.07) is 0. The van der Waals surface area contributed by atoms with Gasteiger partial charge in [-0.25, -0.2) is 0 Å². The van der Waals surface area contributed by atoms with Crippen LogP contribution in [0.15, 0.2) is 0 Å². The number of carbonyl (C=O) groups is 2. The van der Waals surface area contributed by atoms with Crippen LogP contribution in [0.2, 0.25) is 0 Å². The second-order valence-electron chi connectivity index (χ2n) is 3.92. The minimum atomic E-state index is -0.0558. The van der Waals surface area contributed by atoms with Gasteiger partial charge in [-0.05, 0) is 19.3 Å². The maximum absolute atomic E-state index is 11.7. The Hall–Kier alpha value is -1.06. The first-order valence-electron chi connectivity index (χ1n) is 6.20. The first-order valence-corrected chi connectivity index (χ1v) is 6.20. The molecule has 2 amide bonds. The Morgan fingerprint density at radius 3 is 2.25 bits per heavy atom. The van der Waals surface area contributed by atoms with Crippen LogP contribution in [0.1, 0.15) is 46.5 Å². The van der Waals surface area contributed by atoms with Gasteiger partial charge in [-0.1, -0.05) is 20.8 Å². The molecule has 0 atom stereocenters. The Bertz CT molecular complexity index is 217. The molecule has 0 heterocycles. The van der Waals surface area contributed by atoms with Crippen molar-refractivity contribution in [2.45, 2.75) is 46.5 Å². The molecule has 0 aliphatic heterocycles. The van der Waals surface area contributed by atoms with Crippen molar-refractivity contribution >= 4 is 11.8 Å². The van der Waals surface area contributed by atoms with E-state index in [1.807, 2.05) is 20.8 Å². The monoisotopic (exact) mass is 228 g/mol. The van der Waals surface area contributed by atoms with Crippen LogP contribution in [-0.2, 0) is 9.59 Å². The van der Waals surface area contributed by atoms with Crippen molar-refractivity contribution in [1.82, 2.24) is 10.2 Å². The van der Waals surface area contributed by atoms with Crippen LogP contribution in [0.5, 0.6) is 0 Å². The zero-order chi connectivity index (χ0) is 12.4. The molecule has 0 aliphatic rings. The Morgan fingerprint density at radius 1 is 1.06 bits per heavy atom. The highest BCUT2D eigenvalue weighted by atomic mass is 16.2. The lowest BCUT2D eigenvalue weighted by Gasteiger charge is -2.21. The zero-order valence-corrected chi connectivity index (χ0v) is 10.7. The summed E-state index contributed by atoms with van der Waals surface area (Å²) in [6.45, 7) is 7.54. The minimum absolute atomic E-state index is 0.0558. The van der Waals surface area contributed by atoms with Gasteiger partial charge in [0.05, 0.1) is 6.54 Å². The number of carbonyl (C=O) groups excluding carboxylic acids is 2. The average Bonchev–Trinajstić information content (AvgIpc) is 2.26. The van der Waals surface area contributed by atoms with Crippen LogP contribution < -0.4 is 5.32 Å². The van der Waals surface area contributed by atoms with Crippen LogP contribution >= 0.6 is 0 Å². The Morgan fingerprint density at radius 2 is 1.75 bits per heavy atom. The largest absolute Gasteiger partial charge is 0.355 e. The minimum Gasteiger partial charge on any atom is -0.355 e. The maximum Gasteiger partial charge on any atom is 0.239 e. The van der Waals surface area contributed by atoms with Gasteiger partial charge < -0.3 is 10.2 Å². The molecule has 0 fully saturated rings. The van der Waals surface area contributed by atoms with Crippen molar-refractivity contribution in [3.8, 4) is 0 Å². The smallest absolute Gasteiger partial charge is 0.239 e. The lowest BCUT2D eigenvalue weighted by atomic mass is 10.2. The molecule has 16 heavy (non-hydrogen) atoms. The first kappa shape index (κ1) is 14.9. The number of amides is 2. The van der Waals surface area contributed by atoms with Crippen molar-refractivity contribution in [1.29, 1.82) is 0 Å². The van der Waals surface area contributed by atoms with E-state index in [0.717, 1.165) is 19.3 Å². The van der Waals surface area contributed by atoms with Crippen LogP contribution in [0, 0.1) is 0 Å². The van der Waals surface area contributed by atoms with Crippen molar-refractivity contribution in [2.75, 3.05) is 19.6 Å². The molecule has 0 radical (unpaired) electrons. The molecular weight excluding hydrogens is 204 g/mol. The van der Waals surface area contributed by atoms with Gasteiger partial charge in [0.25, 0.3) is 0 Å². The normalized spacial score (nSPS) is 9.94. The summed E-state index contributed by atoms with van der Waals surface area (Å²) >= 11 is 0. The van der Waals surface area contributed by atoms with E-state index in [-0.39, 0.29) is 18.4 Å². The van der Waals surface area contributed by atoms with Crippen molar-refractivity contribution in [3.05, 3.63) is 0 Å². The molecule has 1 N–H and O–H groups in total. The number of hydrogen-bond donors (Lipinski definition) is 1. The van der Waals surface area contributed by atoms with Gasteiger partial charge >= 0.3 is 0 Å². The van der Waals surface area contributed by atoms with Crippen molar-refractivity contribution < 1.29 is 9.59 Å². The van der Waals surface area contributed by atoms with Crippen LogP contribution in [0.25, 0.3) is 0 Å². The predicted octanol–water partition coefficient (Wildman–Crippen LogP) is 1.55. The summed E-state index contributed by atoms with van der Waals surface area (Å²) in [7, 11) is 0. The molecule has 4 heteroatoms. The van der Waals surface area contributed by atoms with E-state index in [2.05, 4.69) is 5.32 Å². The number of nitrogens with one attached hydrogen (secondary N) is 1. The molecule has 0 saturated carbocycles. The molecule has 4 nitrogen and oxygen atoms in total. The van der Waals surface area contributed by atoms with Crippen LogP contribution in [-0.4, -0.2) is 36.3 Å². The van der Waals surface area contributed by atoms with Crippen LogP contribution in [0.4, 0.5) is 0 Å². The summed E-state index contributed by atoms with van der Waals surface area (Å²) in [4.78, 5) is 24.8. The highest BCUT2D eigenvalue weighted by Crippen LogP contribution is 1.99. The molecular formula is C12H24N2O2. The quantitative estimate of drug-likeness (QED) is 0.685. The van der Waals surface area contributed by atoms with E-state index in [1.54, 1.807) is 4.90 Å². The second-order valence-corrected chi connectivity index (χ2v) is 3.92. The van der Waals surface area contributed by atoms with Gasteiger partial charge in [0.15, 0.2) is 0 Å². The van der Waals surface area contributed by atoms with E-state index in [1.165, 1.54) is 0 Å². The van der Waals surface area contributed by atoms with Gasteiger partial charge in [0.2, 0.25) is 11.8 Å². The van der Waals surface area contributed by atoms with E-state index in [4.69, 9.17) is 0 Å². The maximum atomic E-state index is 11.7. The SMILES string of the molecule is CCCNC(=O)CN(CCC)C(=O)CCC. The summed E-state index contributed by atoms with van der Waals surface area (Å²) in [6.07, 6.45) is 3.16. The molecule has 0 saturated heterocycles. The molecule has 0 aromatic heterocycles. The predicted molar refractivity (Wildman–Crippen MR) is 65.1 cm³/mol. The van der Waals surface area contributed by atoms with Crippen LogP contribution in [0.3, 0.4) is 0 Å². The lowest BCUT2D eigenvalue weighted by Crippen LogP contribution is -2.41. The molecule has 94 valence electrons. The molecule has 0 spiro atoms. The standard InChI is InChI=1S/C12H24N2O2/c1-4-7-12(16)14(9-6-3)10-11(15)13-8-5-2/h4-10H2,1-3H3,(H,13,15). The molecule has 0 rings (SSSR count). The number of nitrogens with zero attached hydrogens (tertiary/aromatic N) is 1. The first-order chi connectivity index (χ1) is 7.65. The third-order valence-corrected chi connectivity index (χ3v) is 2.22. The highest BCUT2D eigenvalue weighted by molar-refractivity contribution is 5.84. The fourth-order valence-electron chi connectivity index (χ4n) is 1.43. The van der Waals surface area contributed by atoms with Gasteiger partial charge in [0.1, 0.15) is 0 Å². The summed E-state index contributed by atoms with van der Waals surface area (Å²) in [5.74, 6) is 0.0238. The molecule has 0 aromatic rings. The molecule has 0 bridgehead atoms. The summed E-state index contributed by atoms with van der Waals surface area (Å²) < 4.78 is 0. The lowest BCUT2D eigenvalue weighted by molar-refractivity contribution is -0.136. The third-order valence-electron chi connectivity index (χ3n) is 2.22. The van der Waals surface area contributed by atoms with Gasteiger partial charge in [-0.15, -0.1) is 0 Å². The fraction of sp³-hybridized carbons (Fsp3) is 0.833. The Kier molecular flexibility index (Phi) is 8.58. The Labute approximate surface area is 98.4 Å². The second kappa shape index (κ2) is 9.19. The van der Waals surface area contributed by atoms with Gasteiger partial charge in [-0.3, -0.25) is 9.59 Å². The van der Waals surface area contributed by atoms with E-state index < -0.39 is 0 Å². The van der Waals surface area contributed by atoms with Gasteiger partial charge in [0, 0.05) is 19.5 Å². The molecule has 0 aromatic carbocycles. The summed E-state index contributed by atoms with van der Waals surface area (Å²) in [5, 5.41) is 2.79. The highest BCUT2D eigenvalue weighted by Gasteiger charge is 2.14. The fourth-order valence-corrected chi connectivity index (χ4v) is 1.43. The van der Waals surface area contributed by atoms with Crippen molar-refractivity contribution in [3.63, 3.8) is 0 Å². The molecule has 0 unspecified atom stereocenters. The van der Waals surface area contributed by atoms with E-state index >= 15 is 0 Å². The van der Waals surface area contributed by atoms with Crippen molar-refractivity contribution in [2.24, 2.45) is 0 Å².